The molecule has 1 aliphatic heterocycles. The first-order valence-electron chi connectivity index (χ1n) is 9.83. The second-order valence-corrected chi connectivity index (χ2v) is 7.84. The highest BCUT2D eigenvalue weighted by Crippen LogP contribution is 2.43. The van der Waals surface area contributed by atoms with Crippen molar-refractivity contribution in [1.82, 2.24) is 9.78 Å². The zero-order valence-corrected chi connectivity index (χ0v) is 17.3. The average Bonchev–Trinajstić information content (AvgIpc) is 3.17. The molecule has 2 heterocycles. The fraction of sp³-hybridized carbons (Fsp3) is 0.273. The van der Waals surface area contributed by atoms with Gasteiger partial charge in [-0.25, -0.2) is 4.68 Å². The Labute approximate surface area is 182 Å². The highest BCUT2D eigenvalue weighted by molar-refractivity contribution is 6.30. The topological polar surface area (TPSA) is 59.0 Å². The van der Waals surface area contributed by atoms with Crippen molar-refractivity contribution in [3.05, 3.63) is 76.4 Å². The van der Waals surface area contributed by atoms with Gasteiger partial charge in [0.2, 0.25) is 0 Å². The summed E-state index contributed by atoms with van der Waals surface area (Å²) < 4.78 is 42.2. The monoisotopic (exact) mass is 448 g/mol. The number of fused-ring (bicyclic) bond motifs is 1. The SMILES string of the molecule is CCc1ccc(NC(=O)c2cc3n(n2)[C@H](C(F)(F)F)C[C@@H](c2ccc(Cl)cc2)N3)cc1. The number of hydrogen-bond acceptors (Lipinski definition) is 3. The van der Waals surface area contributed by atoms with Gasteiger partial charge in [0.25, 0.3) is 5.91 Å². The quantitative estimate of drug-likeness (QED) is 0.513. The van der Waals surface area contributed by atoms with E-state index in [1.54, 1.807) is 36.4 Å². The number of benzene rings is 2. The Balaban J connectivity index is 1.61. The van der Waals surface area contributed by atoms with Crippen molar-refractivity contribution in [2.75, 3.05) is 10.6 Å². The minimum absolute atomic E-state index is 0.0897. The van der Waals surface area contributed by atoms with E-state index in [-0.39, 0.29) is 17.9 Å². The summed E-state index contributed by atoms with van der Waals surface area (Å²) in [6.45, 7) is 2.02. The Hall–Kier alpha value is -3.00. The molecular weight excluding hydrogens is 429 g/mol. The summed E-state index contributed by atoms with van der Waals surface area (Å²) >= 11 is 5.90. The van der Waals surface area contributed by atoms with E-state index in [1.165, 1.54) is 6.07 Å². The van der Waals surface area contributed by atoms with Gasteiger partial charge in [0.05, 0.1) is 6.04 Å². The van der Waals surface area contributed by atoms with Crippen LogP contribution in [0.4, 0.5) is 24.7 Å². The molecule has 162 valence electrons. The van der Waals surface area contributed by atoms with E-state index < -0.39 is 24.2 Å². The normalized spacial score (nSPS) is 18.2. The van der Waals surface area contributed by atoms with Crippen LogP contribution in [0.15, 0.2) is 54.6 Å². The van der Waals surface area contributed by atoms with Gasteiger partial charge in [-0.05, 0) is 41.8 Å². The summed E-state index contributed by atoms with van der Waals surface area (Å²) in [6, 6.07) is 12.8. The third-order valence-electron chi connectivity index (χ3n) is 5.31. The van der Waals surface area contributed by atoms with E-state index in [0.717, 1.165) is 16.7 Å². The van der Waals surface area contributed by atoms with Gasteiger partial charge in [0.1, 0.15) is 5.82 Å². The van der Waals surface area contributed by atoms with Gasteiger partial charge in [-0.2, -0.15) is 18.3 Å². The molecule has 0 spiro atoms. The molecule has 0 unspecified atom stereocenters. The Morgan fingerprint density at radius 3 is 2.48 bits per heavy atom. The third-order valence-corrected chi connectivity index (χ3v) is 5.57. The maximum atomic E-state index is 13.8. The summed E-state index contributed by atoms with van der Waals surface area (Å²) in [5, 5.41) is 10.2. The molecule has 0 radical (unpaired) electrons. The van der Waals surface area contributed by atoms with Crippen molar-refractivity contribution < 1.29 is 18.0 Å². The molecule has 4 rings (SSSR count). The number of nitrogens with zero attached hydrogens (tertiary/aromatic N) is 2. The Morgan fingerprint density at radius 2 is 1.87 bits per heavy atom. The van der Waals surface area contributed by atoms with Crippen molar-refractivity contribution in [3.63, 3.8) is 0 Å². The zero-order valence-electron chi connectivity index (χ0n) is 16.6. The molecule has 0 saturated carbocycles. The Morgan fingerprint density at radius 1 is 1.19 bits per heavy atom. The zero-order chi connectivity index (χ0) is 22.2. The fourth-order valence-corrected chi connectivity index (χ4v) is 3.74. The molecule has 2 aromatic carbocycles. The highest BCUT2D eigenvalue weighted by atomic mass is 35.5. The number of rotatable bonds is 4. The number of carbonyl (C=O) groups excluding carboxylic acids is 1. The van der Waals surface area contributed by atoms with Crippen LogP contribution in [0.1, 0.15) is 47.0 Å². The van der Waals surface area contributed by atoms with E-state index in [9.17, 15) is 18.0 Å². The highest BCUT2D eigenvalue weighted by Gasteiger charge is 2.46. The van der Waals surface area contributed by atoms with E-state index in [1.807, 2.05) is 19.1 Å². The minimum Gasteiger partial charge on any atom is -0.363 e. The summed E-state index contributed by atoms with van der Waals surface area (Å²) in [6.07, 6.45) is -3.90. The predicted octanol–water partition coefficient (Wildman–Crippen LogP) is 6.01. The number of carbonyl (C=O) groups is 1. The molecule has 2 N–H and O–H groups in total. The molecule has 1 aromatic heterocycles. The molecule has 3 aromatic rings. The molecule has 1 aliphatic rings. The van der Waals surface area contributed by atoms with Gasteiger partial charge < -0.3 is 10.6 Å². The van der Waals surface area contributed by atoms with E-state index >= 15 is 0 Å². The van der Waals surface area contributed by atoms with Crippen LogP contribution in [0.3, 0.4) is 0 Å². The van der Waals surface area contributed by atoms with Crippen molar-refractivity contribution in [2.24, 2.45) is 0 Å². The smallest absolute Gasteiger partial charge is 0.363 e. The van der Waals surface area contributed by atoms with Crippen LogP contribution in [-0.4, -0.2) is 21.9 Å². The van der Waals surface area contributed by atoms with Crippen LogP contribution in [0.2, 0.25) is 5.02 Å². The van der Waals surface area contributed by atoms with Crippen molar-refractivity contribution >= 4 is 29.0 Å². The lowest BCUT2D eigenvalue weighted by atomic mass is 9.97. The first kappa shape index (κ1) is 21.2. The fourth-order valence-electron chi connectivity index (χ4n) is 3.62. The van der Waals surface area contributed by atoms with Crippen LogP contribution in [-0.2, 0) is 6.42 Å². The molecule has 0 fully saturated rings. The van der Waals surface area contributed by atoms with Gasteiger partial charge in [-0.1, -0.05) is 42.8 Å². The first-order chi connectivity index (χ1) is 14.7. The molecular formula is C22H20ClF3N4O. The van der Waals surface area contributed by atoms with Crippen LogP contribution in [0.5, 0.6) is 0 Å². The van der Waals surface area contributed by atoms with Crippen molar-refractivity contribution in [1.29, 1.82) is 0 Å². The average molecular weight is 449 g/mol. The standard InChI is InChI=1S/C22H20ClF3N4O/c1-2-13-3-9-16(10-4-13)27-21(31)18-12-20-28-17(14-5-7-15(23)8-6-14)11-19(22(24,25)26)30(20)29-18/h3-10,12,17,19,28H,2,11H2,1H3,(H,27,31)/t17-,19-/m0/s1. The maximum Gasteiger partial charge on any atom is 0.410 e. The van der Waals surface area contributed by atoms with Crippen LogP contribution < -0.4 is 10.6 Å². The van der Waals surface area contributed by atoms with E-state index in [0.29, 0.717) is 16.3 Å². The summed E-state index contributed by atoms with van der Waals surface area (Å²) in [5.74, 6) is -0.433. The van der Waals surface area contributed by atoms with Gasteiger partial charge in [-0.15, -0.1) is 0 Å². The van der Waals surface area contributed by atoms with Crippen LogP contribution >= 0.6 is 11.6 Å². The number of hydrogen-bond donors (Lipinski definition) is 2. The molecule has 9 heteroatoms. The van der Waals surface area contributed by atoms with Gasteiger partial charge >= 0.3 is 6.18 Å². The lowest BCUT2D eigenvalue weighted by molar-refractivity contribution is -0.173. The largest absolute Gasteiger partial charge is 0.410 e. The van der Waals surface area contributed by atoms with Gasteiger partial charge in [-0.3, -0.25) is 4.79 Å². The number of halogens is 4. The molecule has 0 aliphatic carbocycles. The lowest BCUT2D eigenvalue weighted by Gasteiger charge is -2.33. The van der Waals surface area contributed by atoms with E-state index in [4.69, 9.17) is 11.6 Å². The second kappa shape index (κ2) is 8.26. The van der Waals surface area contributed by atoms with Crippen LogP contribution in [0, 0.1) is 0 Å². The van der Waals surface area contributed by atoms with Crippen molar-refractivity contribution in [2.45, 2.75) is 38.0 Å². The molecule has 0 bridgehead atoms. The molecule has 2 atom stereocenters. The summed E-state index contributed by atoms with van der Waals surface area (Å²) in [5.41, 5.74) is 2.25. The van der Waals surface area contributed by atoms with Gasteiger partial charge in [0, 0.05) is 23.2 Å². The number of amides is 1. The second-order valence-electron chi connectivity index (χ2n) is 7.41. The number of aryl methyl sites for hydroxylation is 1. The minimum atomic E-state index is -4.52. The summed E-state index contributed by atoms with van der Waals surface area (Å²) in [7, 11) is 0. The van der Waals surface area contributed by atoms with Crippen LogP contribution in [0.25, 0.3) is 0 Å². The number of aromatic nitrogens is 2. The third kappa shape index (κ3) is 4.54. The predicted molar refractivity (Wildman–Crippen MR) is 114 cm³/mol. The maximum absolute atomic E-state index is 13.8. The number of anilines is 2. The van der Waals surface area contributed by atoms with Crippen molar-refractivity contribution in [3.8, 4) is 0 Å². The lowest BCUT2D eigenvalue weighted by Crippen LogP contribution is -2.35. The molecule has 1 amide bonds. The Kier molecular flexibility index (Phi) is 5.66. The Bertz CT molecular complexity index is 1080. The molecule has 5 nitrogen and oxygen atoms in total. The van der Waals surface area contributed by atoms with E-state index in [2.05, 4.69) is 15.7 Å². The molecule has 31 heavy (non-hydrogen) atoms. The first-order valence-corrected chi connectivity index (χ1v) is 10.2. The molecule has 0 saturated heterocycles. The number of alkyl halides is 3. The summed E-state index contributed by atoms with van der Waals surface area (Å²) in [4.78, 5) is 12.6. The van der Waals surface area contributed by atoms with Gasteiger partial charge in [0.15, 0.2) is 11.7 Å². The number of nitrogens with one attached hydrogen (secondary N) is 2.